The zero-order valence-electron chi connectivity index (χ0n) is 17.8. The van der Waals surface area contributed by atoms with Gasteiger partial charge in [0.15, 0.2) is 21.3 Å². The first-order chi connectivity index (χ1) is 15.5. The predicted octanol–water partition coefficient (Wildman–Crippen LogP) is 3.30. The van der Waals surface area contributed by atoms with Crippen molar-refractivity contribution in [2.75, 3.05) is 32.6 Å². The van der Waals surface area contributed by atoms with Gasteiger partial charge in [-0.2, -0.15) is 0 Å². The smallest absolute Gasteiger partial charge is 0.182 e. The molecular formula is C24H24N4O3S. The van der Waals surface area contributed by atoms with Gasteiger partial charge in [-0.05, 0) is 41.5 Å². The van der Waals surface area contributed by atoms with E-state index in [1.165, 1.54) is 11.8 Å². The van der Waals surface area contributed by atoms with Crippen LogP contribution in [-0.4, -0.2) is 60.5 Å². The molecule has 1 aliphatic rings. The minimum Gasteiger partial charge on any atom is -0.379 e. The van der Waals surface area contributed by atoms with Crippen molar-refractivity contribution in [1.82, 2.24) is 19.5 Å². The first-order valence-electron chi connectivity index (χ1n) is 10.5. The molecule has 0 bridgehead atoms. The fraction of sp³-hybridized carbons (Fsp3) is 0.250. The molecule has 32 heavy (non-hydrogen) atoms. The Morgan fingerprint density at radius 2 is 1.75 bits per heavy atom. The van der Waals surface area contributed by atoms with E-state index in [1.54, 1.807) is 16.6 Å². The molecular weight excluding hydrogens is 424 g/mol. The van der Waals surface area contributed by atoms with Crippen LogP contribution in [0.15, 0.2) is 71.8 Å². The Balaban J connectivity index is 1.47. The summed E-state index contributed by atoms with van der Waals surface area (Å²) in [4.78, 5) is 7.50. The molecule has 0 atom stereocenters. The third-order valence-electron chi connectivity index (χ3n) is 5.65. The minimum absolute atomic E-state index is 0.299. The van der Waals surface area contributed by atoms with Gasteiger partial charge in [0.25, 0.3) is 0 Å². The maximum atomic E-state index is 11.8. The fourth-order valence-corrected chi connectivity index (χ4v) is 4.59. The van der Waals surface area contributed by atoms with Crippen LogP contribution in [0.5, 0.6) is 0 Å². The zero-order chi connectivity index (χ0) is 22.1. The van der Waals surface area contributed by atoms with Gasteiger partial charge in [0.05, 0.1) is 18.1 Å². The first-order valence-corrected chi connectivity index (χ1v) is 12.4. The molecule has 7 nitrogen and oxygen atoms in total. The quantitative estimate of drug-likeness (QED) is 0.466. The lowest BCUT2D eigenvalue weighted by molar-refractivity contribution is 0.0342. The van der Waals surface area contributed by atoms with Crippen LogP contribution < -0.4 is 0 Å². The molecule has 164 valence electrons. The molecule has 2 aromatic carbocycles. The number of sulfone groups is 1. The van der Waals surface area contributed by atoms with Crippen LogP contribution in [0.3, 0.4) is 0 Å². The largest absolute Gasteiger partial charge is 0.379 e. The van der Waals surface area contributed by atoms with E-state index in [2.05, 4.69) is 22.1 Å². The number of nitrogens with zero attached hydrogens (tertiary/aromatic N) is 4. The summed E-state index contributed by atoms with van der Waals surface area (Å²) in [5, 5.41) is 4.69. The number of aromatic nitrogens is 3. The third kappa shape index (κ3) is 4.29. The molecule has 0 aliphatic carbocycles. The maximum Gasteiger partial charge on any atom is 0.182 e. The second-order valence-electron chi connectivity index (χ2n) is 8.01. The maximum absolute atomic E-state index is 11.8. The number of rotatable bonds is 5. The second-order valence-corrected chi connectivity index (χ2v) is 10.0. The summed E-state index contributed by atoms with van der Waals surface area (Å²) in [6.45, 7) is 4.32. The predicted molar refractivity (Wildman–Crippen MR) is 123 cm³/mol. The van der Waals surface area contributed by atoms with E-state index in [9.17, 15) is 8.42 Å². The van der Waals surface area contributed by atoms with Crippen LogP contribution in [0.2, 0.25) is 0 Å². The van der Waals surface area contributed by atoms with E-state index in [0.717, 1.165) is 55.2 Å². The zero-order valence-corrected chi connectivity index (χ0v) is 18.6. The van der Waals surface area contributed by atoms with Crippen molar-refractivity contribution in [3.8, 4) is 22.5 Å². The van der Waals surface area contributed by atoms with Crippen LogP contribution in [-0.2, 0) is 21.1 Å². The number of morpholine rings is 1. The summed E-state index contributed by atoms with van der Waals surface area (Å²) in [7, 11) is -3.23. The lowest BCUT2D eigenvalue weighted by Crippen LogP contribution is -2.35. The summed E-state index contributed by atoms with van der Waals surface area (Å²) >= 11 is 0. The van der Waals surface area contributed by atoms with Crippen LogP contribution in [0.4, 0.5) is 0 Å². The van der Waals surface area contributed by atoms with Crippen molar-refractivity contribution in [3.63, 3.8) is 0 Å². The third-order valence-corrected chi connectivity index (χ3v) is 6.78. The standard InChI is InChI=1S/C24H24N4O3S/c1-32(29,30)21-9-7-19(8-10-21)22-6-3-11-28-24(22)25-23(26-28)20-5-2-4-18(16-20)17-27-12-14-31-15-13-27/h2-11,16H,12-15,17H2,1H3. The van der Waals surface area contributed by atoms with Gasteiger partial charge in [-0.1, -0.05) is 30.3 Å². The van der Waals surface area contributed by atoms with Crippen molar-refractivity contribution in [2.45, 2.75) is 11.4 Å². The lowest BCUT2D eigenvalue weighted by Gasteiger charge is -2.26. The molecule has 0 unspecified atom stereocenters. The molecule has 0 spiro atoms. The number of benzene rings is 2. The van der Waals surface area contributed by atoms with E-state index in [4.69, 9.17) is 9.72 Å². The Labute approximate surface area is 187 Å². The second kappa shape index (κ2) is 8.46. The molecule has 0 N–H and O–H groups in total. The van der Waals surface area contributed by atoms with Crippen LogP contribution in [0.25, 0.3) is 28.2 Å². The summed E-state index contributed by atoms with van der Waals surface area (Å²) in [5.74, 6) is 0.661. The molecule has 0 amide bonds. The van der Waals surface area contributed by atoms with Crippen molar-refractivity contribution < 1.29 is 13.2 Å². The number of ether oxygens (including phenoxy) is 1. The fourth-order valence-electron chi connectivity index (χ4n) is 3.96. The molecule has 0 radical (unpaired) electrons. The highest BCUT2D eigenvalue weighted by Crippen LogP contribution is 2.27. The molecule has 1 aliphatic heterocycles. The summed E-state index contributed by atoms with van der Waals surface area (Å²) in [5.41, 5.74) is 4.71. The number of fused-ring (bicyclic) bond motifs is 1. The number of pyridine rings is 1. The molecule has 2 aromatic heterocycles. The van der Waals surface area contributed by atoms with Crippen molar-refractivity contribution in [2.24, 2.45) is 0 Å². The highest BCUT2D eigenvalue weighted by Gasteiger charge is 2.14. The molecule has 0 saturated carbocycles. The average Bonchev–Trinajstić information content (AvgIpc) is 3.24. The molecule has 3 heterocycles. The number of hydrogen-bond acceptors (Lipinski definition) is 6. The van der Waals surface area contributed by atoms with Gasteiger partial charge >= 0.3 is 0 Å². The Kier molecular flexibility index (Phi) is 5.50. The van der Waals surface area contributed by atoms with Crippen LogP contribution in [0, 0.1) is 0 Å². The first kappa shape index (κ1) is 20.8. The summed E-state index contributed by atoms with van der Waals surface area (Å²) < 4.78 is 30.8. The van der Waals surface area contributed by atoms with E-state index in [-0.39, 0.29) is 0 Å². The van der Waals surface area contributed by atoms with Crippen LogP contribution >= 0.6 is 0 Å². The van der Waals surface area contributed by atoms with Gasteiger partial charge < -0.3 is 4.74 Å². The van der Waals surface area contributed by atoms with E-state index in [0.29, 0.717) is 10.7 Å². The van der Waals surface area contributed by atoms with Gasteiger partial charge in [0.1, 0.15) is 0 Å². The van der Waals surface area contributed by atoms with Crippen LogP contribution in [0.1, 0.15) is 5.56 Å². The van der Waals surface area contributed by atoms with Gasteiger partial charge in [-0.15, -0.1) is 5.10 Å². The van der Waals surface area contributed by atoms with E-state index in [1.807, 2.05) is 42.6 Å². The Hall–Kier alpha value is -3.07. The van der Waals surface area contributed by atoms with Crippen molar-refractivity contribution in [3.05, 3.63) is 72.4 Å². The lowest BCUT2D eigenvalue weighted by atomic mass is 10.1. The Morgan fingerprint density at radius 1 is 0.969 bits per heavy atom. The molecule has 1 saturated heterocycles. The monoisotopic (exact) mass is 448 g/mol. The molecule has 5 rings (SSSR count). The minimum atomic E-state index is -3.23. The van der Waals surface area contributed by atoms with E-state index < -0.39 is 9.84 Å². The SMILES string of the molecule is CS(=O)(=O)c1ccc(-c2cccn3nc(-c4cccc(CN5CCOCC5)c4)nc23)cc1. The summed E-state index contributed by atoms with van der Waals surface area (Å²) in [6.07, 6.45) is 3.08. The number of hydrogen-bond donors (Lipinski definition) is 0. The highest BCUT2D eigenvalue weighted by molar-refractivity contribution is 7.90. The molecule has 1 fully saturated rings. The van der Waals surface area contributed by atoms with Gasteiger partial charge in [-0.3, -0.25) is 4.90 Å². The van der Waals surface area contributed by atoms with Gasteiger partial charge in [-0.25, -0.2) is 17.9 Å². The molecule has 8 heteroatoms. The van der Waals surface area contributed by atoms with Crippen molar-refractivity contribution >= 4 is 15.5 Å². The summed E-state index contributed by atoms with van der Waals surface area (Å²) in [6, 6.07) is 19.1. The normalized spacial score (nSPS) is 15.3. The van der Waals surface area contributed by atoms with Gasteiger partial charge in [0, 0.05) is 43.2 Å². The van der Waals surface area contributed by atoms with Crippen molar-refractivity contribution in [1.29, 1.82) is 0 Å². The molecule has 4 aromatic rings. The Bertz CT molecular complexity index is 1360. The topological polar surface area (TPSA) is 76.8 Å². The Morgan fingerprint density at radius 3 is 2.50 bits per heavy atom. The van der Waals surface area contributed by atoms with Gasteiger partial charge in [0.2, 0.25) is 0 Å². The van der Waals surface area contributed by atoms with E-state index >= 15 is 0 Å². The average molecular weight is 449 g/mol. The highest BCUT2D eigenvalue weighted by atomic mass is 32.2.